The Morgan fingerprint density at radius 1 is 1.29 bits per heavy atom. The Morgan fingerprint density at radius 2 is 2.00 bits per heavy atom. The number of hydrogen-bond donors (Lipinski definition) is 0. The molecule has 0 atom stereocenters. The Labute approximate surface area is 46.2 Å². The van der Waals surface area contributed by atoms with Crippen molar-refractivity contribution in [2.45, 2.75) is 20.3 Å². The van der Waals surface area contributed by atoms with Crippen LogP contribution < -0.4 is 0 Å². The predicted molar refractivity (Wildman–Crippen MR) is 33.7 cm³/mol. The van der Waals surface area contributed by atoms with Crippen LogP contribution in [0.4, 0.5) is 0 Å². The Balaban J connectivity index is 2.69. The van der Waals surface area contributed by atoms with Crippen LogP contribution in [-0.2, 0) is 0 Å². The molecule has 0 aromatic rings. The number of allylic oxidation sites excluding steroid dienone is 2. The molecular weight excluding hydrogens is 84.1 g/mol. The third kappa shape index (κ3) is 5.74. The molecule has 0 heteroatoms. The third-order valence-electron chi connectivity index (χ3n) is 0.744. The van der Waals surface area contributed by atoms with Crippen LogP contribution in [0.25, 0.3) is 0 Å². The Bertz CT molecular complexity index is 44.0. The summed E-state index contributed by atoms with van der Waals surface area (Å²) in [6.07, 6.45) is 9.44. The molecule has 2 radical (unpaired) electrons. The van der Waals surface area contributed by atoms with Crippen molar-refractivity contribution in [3.63, 3.8) is 0 Å². The van der Waals surface area contributed by atoms with Crippen molar-refractivity contribution < 1.29 is 0 Å². The summed E-state index contributed by atoms with van der Waals surface area (Å²) in [5.41, 5.74) is 0. The summed E-state index contributed by atoms with van der Waals surface area (Å²) in [6.45, 7) is 4.06. The van der Waals surface area contributed by atoms with E-state index in [9.17, 15) is 0 Å². The maximum absolute atomic E-state index is 2.12. The lowest BCUT2D eigenvalue weighted by atomic mass is 10.2. The molecule has 0 rings (SSSR count). The standard InChI is InChI=1S/C7H12/c1-3-5-7-6-4-2/h3-6H,7H2,1-2H3. The van der Waals surface area contributed by atoms with Crippen molar-refractivity contribution >= 4 is 0 Å². The van der Waals surface area contributed by atoms with Gasteiger partial charge < -0.3 is 0 Å². The van der Waals surface area contributed by atoms with Crippen molar-refractivity contribution in [3.8, 4) is 0 Å². The van der Waals surface area contributed by atoms with E-state index >= 15 is 0 Å². The van der Waals surface area contributed by atoms with E-state index in [2.05, 4.69) is 25.0 Å². The first-order chi connectivity index (χ1) is 3.41. The predicted octanol–water partition coefficient (Wildman–Crippen LogP) is 2.38. The molecule has 0 aliphatic heterocycles. The molecule has 0 aliphatic rings. The van der Waals surface area contributed by atoms with Crippen LogP contribution in [0.2, 0.25) is 0 Å². The highest BCUT2D eigenvalue weighted by molar-refractivity contribution is 4.89. The maximum Gasteiger partial charge on any atom is -0.0317 e. The third-order valence-corrected chi connectivity index (χ3v) is 0.744. The Kier molecular flexibility index (Phi) is 5.53. The van der Waals surface area contributed by atoms with E-state index in [1.54, 1.807) is 0 Å². The van der Waals surface area contributed by atoms with Crippen LogP contribution in [0.3, 0.4) is 0 Å². The van der Waals surface area contributed by atoms with Crippen molar-refractivity contribution in [1.29, 1.82) is 0 Å². The van der Waals surface area contributed by atoms with Crippen LogP contribution in [0.15, 0.2) is 12.2 Å². The van der Waals surface area contributed by atoms with Crippen LogP contribution in [-0.4, -0.2) is 0 Å². The van der Waals surface area contributed by atoms with Crippen molar-refractivity contribution in [2.75, 3.05) is 0 Å². The Hall–Kier alpha value is -0.260. The highest BCUT2D eigenvalue weighted by Crippen LogP contribution is 1.90. The monoisotopic (exact) mass is 96.1 g/mol. The van der Waals surface area contributed by atoms with Crippen LogP contribution in [0, 0.1) is 12.8 Å². The van der Waals surface area contributed by atoms with E-state index in [4.69, 9.17) is 0 Å². The van der Waals surface area contributed by atoms with Gasteiger partial charge in [0.1, 0.15) is 0 Å². The molecule has 7 heavy (non-hydrogen) atoms. The SMILES string of the molecule is C[CH][CH]CC=CC. The average Bonchev–Trinajstić information content (AvgIpc) is 1.69. The molecule has 0 amide bonds. The van der Waals surface area contributed by atoms with Crippen LogP contribution in [0.5, 0.6) is 0 Å². The van der Waals surface area contributed by atoms with Gasteiger partial charge in [0.05, 0.1) is 0 Å². The van der Waals surface area contributed by atoms with Crippen LogP contribution >= 0.6 is 0 Å². The molecule has 0 saturated carbocycles. The fourth-order valence-electron chi connectivity index (χ4n) is 0.351. The van der Waals surface area contributed by atoms with Gasteiger partial charge in [-0.25, -0.2) is 0 Å². The summed E-state index contributed by atoms with van der Waals surface area (Å²) >= 11 is 0. The van der Waals surface area contributed by atoms with Gasteiger partial charge >= 0.3 is 0 Å². The number of unbranched alkanes of at least 4 members (excludes halogenated alkanes) is 2. The quantitative estimate of drug-likeness (QED) is 0.374. The van der Waals surface area contributed by atoms with Gasteiger partial charge in [0, 0.05) is 0 Å². The summed E-state index contributed by atoms with van der Waals surface area (Å²) in [5, 5.41) is 0. The second kappa shape index (κ2) is 5.74. The van der Waals surface area contributed by atoms with Crippen molar-refractivity contribution in [1.82, 2.24) is 0 Å². The van der Waals surface area contributed by atoms with E-state index in [1.165, 1.54) is 0 Å². The van der Waals surface area contributed by atoms with Crippen molar-refractivity contribution in [2.24, 2.45) is 0 Å². The second-order valence-electron chi connectivity index (χ2n) is 1.37. The summed E-state index contributed by atoms with van der Waals surface area (Å²) in [5.74, 6) is 0. The molecule has 40 valence electrons. The largest absolute Gasteiger partial charge is 0.0917 e. The average molecular weight is 96.2 g/mol. The zero-order valence-electron chi connectivity index (χ0n) is 5.02. The molecule has 0 nitrogen and oxygen atoms in total. The first-order valence-corrected chi connectivity index (χ1v) is 2.64. The first-order valence-electron chi connectivity index (χ1n) is 2.64. The van der Waals surface area contributed by atoms with Crippen molar-refractivity contribution in [3.05, 3.63) is 25.0 Å². The first kappa shape index (κ1) is 6.74. The van der Waals surface area contributed by atoms with Gasteiger partial charge in [-0.3, -0.25) is 0 Å². The summed E-state index contributed by atoms with van der Waals surface area (Å²) in [7, 11) is 0. The topological polar surface area (TPSA) is 0 Å². The molecule has 0 fully saturated rings. The molecular formula is C7H12. The zero-order valence-corrected chi connectivity index (χ0v) is 5.02. The summed E-state index contributed by atoms with van der Waals surface area (Å²) < 4.78 is 0. The molecule has 0 bridgehead atoms. The van der Waals surface area contributed by atoms with Gasteiger partial charge in [-0.15, -0.1) is 0 Å². The molecule has 0 aromatic carbocycles. The maximum atomic E-state index is 2.12. The normalized spacial score (nSPS) is 10.6. The smallest absolute Gasteiger partial charge is 0.0317 e. The molecule has 0 saturated heterocycles. The van der Waals surface area contributed by atoms with Gasteiger partial charge in [0.15, 0.2) is 0 Å². The molecule has 0 aliphatic carbocycles. The minimum atomic E-state index is 1.08. The molecule has 0 heterocycles. The lowest BCUT2D eigenvalue weighted by Crippen LogP contribution is -1.66. The Morgan fingerprint density at radius 3 is 2.43 bits per heavy atom. The van der Waals surface area contributed by atoms with E-state index in [0.29, 0.717) is 0 Å². The number of hydrogen-bond acceptors (Lipinski definition) is 0. The van der Waals surface area contributed by atoms with E-state index in [0.717, 1.165) is 6.42 Å². The van der Waals surface area contributed by atoms with E-state index in [-0.39, 0.29) is 0 Å². The van der Waals surface area contributed by atoms with Gasteiger partial charge in [-0.1, -0.05) is 19.1 Å². The molecule has 0 N–H and O–H groups in total. The van der Waals surface area contributed by atoms with Gasteiger partial charge in [0.2, 0.25) is 0 Å². The summed E-state index contributed by atoms with van der Waals surface area (Å²) in [4.78, 5) is 0. The minimum Gasteiger partial charge on any atom is -0.0917 e. The fraction of sp³-hybridized carbons (Fsp3) is 0.429. The van der Waals surface area contributed by atoms with E-state index in [1.807, 2.05) is 13.8 Å². The fourth-order valence-corrected chi connectivity index (χ4v) is 0.351. The van der Waals surface area contributed by atoms with Gasteiger partial charge in [-0.05, 0) is 26.2 Å². The highest BCUT2D eigenvalue weighted by atomic mass is 13.8. The lowest BCUT2D eigenvalue weighted by molar-refractivity contribution is 1.20. The highest BCUT2D eigenvalue weighted by Gasteiger charge is 1.74. The summed E-state index contributed by atoms with van der Waals surface area (Å²) in [6, 6.07) is 0. The van der Waals surface area contributed by atoms with E-state index < -0.39 is 0 Å². The molecule has 0 spiro atoms. The lowest BCUT2D eigenvalue weighted by Gasteiger charge is -1.82. The molecule has 0 unspecified atom stereocenters. The second-order valence-corrected chi connectivity index (χ2v) is 1.37. The van der Waals surface area contributed by atoms with Gasteiger partial charge in [-0.2, -0.15) is 0 Å². The molecule has 0 aromatic heterocycles. The number of rotatable bonds is 3. The van der Waals surface area contributed by atoms with Crippen LogP contribution in [0.1, 0.15) is 20.3 Å². The zero-order chi connectivity index (χ0) is 5.54. The minimum absolute atomic E-state index is 1.08. The van der Waals surface area contributed by atoms with Gasteiger partial charge in [0.25, 0.3) is 0 Å².